The Hall–Kier alpha value is -1.65. The summed E-state index contributed by atoms with van der Waals surface area (Å²) in [5.74, 6) is 0.869. The number of ether oxygens (including phenoxy) is 1. The summed E-state index contributed by atoms with van der Waals surface area (Å²) in [4.78, 5) is 4.31. The van der Waals surface area contributed by atoms with Crippen molar-refractivity contribution in [2.45, 2.75) is 31.7 Å². The van der Waals surface area contributed by atoms with Crippen molar-refractivity contribution in [3.63, 3.8) is 0 Å². The maximum absolute atomic E-state index is 9.08. The Labute approximate surface area is 119 Å². The van der Waals surface area contributed by atoms with Gasteiger partial charge in [-0.2, -0.15) is 0 Å². The second-order valence-corrected chi connectivity index (χ2v) is 5.44. The van der Waals surface area contributed by atoms with Gasteiger partial charge in [0.1, 0.15) is 5.75 Å². The van der Waals surface area contributed by atoms with E-state index in [1.54, 1.807) is 6.20 Å². The highest BCUT2D eigenvalue weighted by Gasteiger charge is 2.15. The lowest BCUT2D eigenvalue weighted by molar-refractivity contribution is 0.194. The van der Waals surface area contributed by atoms with Gasteiger partial charge in [-0.05, 0) is 50.5 Å². The zero-order chi connectivity index (χ0) is 14.4. The van der Waals surface area contributed by atoms with E-state index in [1.165, 1.54) is 0 Å². The van der Waals surface area contributed by atoms with Gasteiger partial charge < -0.3 is 15.6 Å². The van der Waals surface area contributed by atoms with Gasteiger partial charge in [0, 0.05) is 17.1 Å². The normalized spacial score (nSPS) is 14.2. The second kappa shape index (κ2) is 6.68. The van der Waals surface area contributed by atoms with Crippen molar-refractivity contribution in [3.05, 3.63) is 36.5 Å². The summed E-state index contributed by atoms with van der Waals surface area (Å²) in [5.41, 5.74) is 6.35. The second-order valence-electron chi connectivity index (χ2n) is 5.44. The summed E-state index contributed by atoms with van der Waals surface area (Å²) in [6.07, 6.45) is 4.44. The zero-order valence-electron chi connectivity index (χ0n) is 11.9. The molecule has 0 fully saturated rings. The van der Waals surface area contributed by atoms with E-state index in [2.05, 4.69) is 4.98 Å². The molecule has 1 aromatic carbocycles. The Kier molecular flexibility index (Phi) is 4.93. The lowest BCUT2D eigenvalue weighted by Gasteiger charge is -2.21. The third kappa shape index (κ3) is 3.92. The summed E-state index contributed by atoms with van der Waals surface area (Å²) in [5, 5.41) is 10.1. The zero-order valence-corrected chi connectivity index (χ0v) is 11.9. The first-order chi connectivity index (χ1) is 9.62. The first kappa shape index (κ1) is 14.8. The molecule has 1 heterocycles. The van der Waals surface area contributed by atoms with Gasteiger partial charge in [-0.3, -0.25) is 4.98 Å². The molecule has 0 amide bonds. The van der Waals surface area contributed by atoms with E-state index in [4.69, 9.17) is 15.6 Å². The molecule has 0 aliphatic carbocycles. The molecule has 1 unspecified atom stereocenters. The number of aromatic nitrogens is 1. The van der Waals surface area contributed by atoms with Crippen molar-refractivity contribution in [1.82, 2.24) is 4.98 Å². The van der Waals surface area contributed by atoms with Crippen molar-refractivity contribution >= 4 is 10.9 Å². The molecular formula is C16H22N2O2. The number of aliphatic hydroxyl groups excluding tert-OH is 1. The number of pyridine rings is 1. The number of nitrogens with two attached hydrogens (primary N) is 1. The van der Waals surface area contributed by atoms with Crippen LogP contribution in [-0.4, -0.2) is 28.8 Å². The van der Waals surface area contributed by atoms with Gasteiger partial charge in [0.2, 0.25) is 0 Å². The fourth-order valence-electron chi connectivity index (χ4n) is 2.09. The molecule has 0 saturated heterocycles. The van der Waals surface area contributed by atoms with Crippen molar-refractivity contribution in [2.75, 3.05) is 13.2 Å². The fraction of sp³-hybridized carbons (Fsp3) is 0.438. The van der Waals surface area contributed by atoms with Crippen molar-refractivity contribution in [2.24, 2.45) is 5.73 Å². The van der Waals surface area contributed by atoms with Gasteiger partial charge in [0.15, 0.2) is 0 Å². The largest absolute Gasteiger partial charge is 0.493 e. The van der Waals surface area contributed by atoms with Crippen LogP contribution in [0.3, 0.4) is 0 Å². The van der Waals surface area contributed by atoms with Crippen LogP contribution < -0.4 is 10.5 Å². The highest BCUT2D eigenvalue weighted by molar-refractivity contribution is 5.84. The van der Waals surface area contributed by atoms with Gasteiger partial charge in [-0.15, -0.1) is 0 Å². The molecule has 108 valence electrons. The number of nitrogens with zero attached hydrogens (tertiary/aromatic N) is 1. The van der Waals surface area contributed by atoms with E-state index in [9.17, 15) is 0 Å². The summed E-state index contributed by atoms with van der Waals surface area (Å²) in [7, 11) is 0. The van der Waals surface area contributed by atoms with Crippen LogP contribution in [0.5, 0.6) is 5.75 Å². The molecule has 2 rings (SSSR count). The van der Waals surface area contributed by atoms with Crippen LogP contribution in [0.4, 0.5) is 0 Å². The molecule has 0 bridgehead atoms. The van der Waals surface area contributed by atoms with Crippen LogP contribution in [0.25, 0.3) is 10.9 Å². The number of rotatable bonds is 7. The van der Waals surface area contributed by atoms with E-state index in [1.807, 2.05) is 37.3 Å². The molecule has 20 heavy (non-hydrogen) atoms. The molecule has 0 saturated carbocycles. The van der Waals surface area contributed by atoms with Gasteiger partial charge in [-0.25, -0.2) is 0 Å². The number of benzene rings is 1. The highest BCUT2D eigenvalue weighted by atomic mass is 16.5. The minimum absolute atomic E-state index is 0.0167. The fourth-order valence-corrected chi connectivity index (χ4v) is 2.09. The number of unbranched alkanes of at least 4 members (excludes halogenated alkanes) is 1. The Balaban J connectivity index is 1.85. The quantitative estimate of drug-likeness (QED) is 0.761. The number of aliphatic hydroxyl groups is 1. The van der Waals surface area contributed by atoms with Crippen molar-refractivity contribution in [3.8, 4) is 5.75 Å². The smallest absolute Gasteiger partial charge is 0.128 e. The van der Waals surface area contributed by atoms with Crippen molar-refractivity contribution in [1.29, 1.82) is 0 Å². The molecular weight excluding hydrogens is 252 g/mol. The Morgan fingerprint density at radius 1 is 1.25 bits per heavy atom. The number of hydrogen-bond acceptors (Lipinski definition) is 4. The lowest BCUT2D eigenvalue weighted by atomic mass is 9.97. The van der Waals surface area contributed by atoms with Crippen LogP contribution in [0.15, 0.2) is 36.5 Å². The maximum atomic E-state index is 9.08. The molecule has 0 radical (unpaired) electrons. The first-order valence-electron chi connectivity index (χ1n) is 6.99. The third-order valence-electron chi connectivity index (χ3n) is 3.37. The molecule has 3 N–H and O–H groups in total. The third-order valence-corrected chi connectivity index (χ3v) is 3.37. The summed E-state index contributed by atoms with van der Waals surface area (Å²) in [6, 6.07) is 9.82. The minimum Gasteiger partial charge on any atom is -0.493 e. The summed E-state index contributed by atoms with van der Waals surface area (Å²) in [6.45, 7) is 2.53. The highest BCUT2D eigenvalue weighted by Crippen LogP contribution is 2.23. The van der Waals surface area contributed by atoms with E-state index in [0.717, 1.165) is 35.9 Å². The molecule has 4 heteroatoms. The van der Waals surface area contributed by atoms with E-state index >= 15 is 0 Å². The molecule has 2 aromatic rings. The first-order valence-corrected chi connectivity index (χ1v) is 6.99. The monoisotopic (exact) mass is 274 g/mol. The summed E-state index contributed by atoms with van der Waals surface area (Å²) < 4.78 is 5.82. The topological polar surface area (TPSA) is 68.4 Å². The molecule has 0 spiro atoms. The average Bonchev–Trinajstić information content (AvgIpc) is 2.47. The standard InChI is InChI=1S/C16H22N2O2/c1-16(17,12-19)9-2-3-11-20-15-8-4-7-14-13(15)6-5-10-18-14/h4-8,10,19H,2-3,9,11-12,17H2,1H3. The van der Waals surface area contributed by atoms with Crippen LogP contribution in [0.1, 0.15) is 26.2 Å². The minimum atomic E-state index is -0.483. The predicted octanol–water partition coefficient (Wildman–Crippen LogP) is 2.49. The van der Waals surface area contributed by atoms with Crippen LogP contribution in [0, 0.1) is 0 Å². The van der Waals surface area contributed by atoms with Crippen LogP contribution in [-0.2, 0) is 0 Å². The Morgan fingerprint density at radius 2 is 2.10 bits per heavy atom. The number of fused-ring (bicyclic) bond motifs is 1. The van der Waals surface area contributed by atoms with E-state index < -0.39 is 5.54 Å². The maximum Gasteiger partial charge on any atom is 0.128 e. The molecule has 1 aromatic heterocycles. The Morgan fingerprint density at radius 3 is 2.90 bits per heavy atom. The van der Waals surface area contributed by atoms with Crippen LogP contribution in [0.2, 0.25) is 0 Å². The van der Waals surface area contributed by atoms with Gasteiger partial charge in [0.25, 0.3) is 0 Å². The van der Waals surface area contributed by atoms with E-state index in [0.29, 0.717) is 6.61 Å². The van der Waals surface area contributed by atoms with Crippen molar-refractivity contribution < 1.29 is 9.84 Å². The number of hydrogen-bond donors (Lipinski definition) is 2. The molecule has 0 aliphatic heterocycles. The average molecular weight is 274 g/mol. The van der Waals surface area contributed by atoms with Crippen LogP contribution >= 0.6 is 0 Å². The SMILES string of the molecule is CC(N)(CO)CCCCOc1cccc2ncccc12. The van der Waals surface area contributed by atoms with Gasteiger partial charge in [-0.1, -0.05) is 6.07 Å². The Bertz CT molecular complexity index is 550. The predicted molar refractivity (Wildman–Crippen MR) is 80.8 cm³/mol. The lowest BCUT2D eigenvalue weighted by Crippen LogP contribution is -2.39. The van der Waals surface area contributed by atoms with E-state index in [-0.39, 0.29) is 6.61 Å². The molecule has 1 atom stereocenters. The van der Waals surface area contributed by atoms with Gasteiger partial charge >= 0.3 is 0 Å². The molecule has 4 nitrogen and oxygen atoms in total. The van der Waals surface area contributed by atoms with Gasteiger partial charge in [0.05, 0.1) is 18.7 Å². The molecule has 0 aliphatic rings. The summed E-state index contributed by atoms with van der Waals surface area (Å²) >= 11 is 0.